The van der Waals surface area contributed by atoms with Crippen LogP contribution in [-0.2, 0) is 11.2 Å². The van der Waals surface area contributed by atoms with Crippen LogP contribution in [-0.4, -0.2) is 71.7 Å². The number of carbonyl (C=O) groups excluding carboxylic acids is 2. The highest BCUT2D eigenvalue weighted by Crippen LogP contribution is 2.32. The molecule has 0 aliphatic carbocycles. The number of benzene rings is 1. The Morgan fingerprint density at radius 2 is 1.97 bits per heavy atom. The van der Waals surface area contributed by atoms with Crippen LogP contribution >= 0.6 is 0 Å². The first-order valence-corrected chi connectivity index (χ1v) is 11.6. The van der Waals surface area contributed by atoms with Crippen LogP contribution in [0.3, 0.4) is 0 Å². The van der Waals surface area contributed by atoms with E-state index in [1.807, 2.05) is 49.9 Å². The Morgan fingerprint density at radius 3 is 2.64 bits per heavy atom. The number of aromatic nitrogens is 2. The van der Waals surface area contributed by atoms with Gasteiger partial charge in [0.2, 0.25) is 0 Å². The number of nitrogens with one attached hydrogen (secondary N) is 2. The molecule has 0 radical (unpaired) electrons. The van der Waals surface area contributed by atoms with Crippen molar-refractivity contribution in [3.05, 3.63) is 35.5 Å². The van der Waals surface area contributed by atoms with E-state index < -0.39 is 0 Å². The molecule has 0 spiro atoms. The van der Waals surface area contributed by atoms with Crippen molar-refractivity contribution in [2.75, 3.05) is 43.1 Å². The van der Waals surface area contributed by atoms with E-state index in [4.69, 9.17) is 14.7 Å². The molecular formula is C24H32N6O3. The van der Waals surface area contributed by atoms with Crippen molar-refractivity contribution in [2.24, 2.45) is 0 Å². The fourth-order valence-electron chi connectivity index (χ4n) is 4.29. The minimum absolute atomic E-state index is 0.0495. The SMILES string of the molecule is CCNC(=O)Nc1ccc(-c2nc3c(c(N4CCOCC4C)n2)CCN(C(C)C)C3=O)cc1. The Bertz CT molecular complexity index is 1020. The Kier molecular flexibility index (Phi) is 6.78. The van der Waals surface area contributed by atoms with Gasteiger partial charge in [-0.2, -0.15) is 0 Å². The number of hydrogen-bond acceptors (Lipinski definition) is 6. The van der Waals surface area contributed by atoms with E-state index in [-0.39, 0.29) is 24.0 Å². The zero-order chi connectivity index (χ0) is 23.5. The summed E-state index contributed by atoms with van der Waals surface area (Å²) in [7, 11) is 0. The van der Waals surface area contributed by atoms with Gasteiger partial charge >= 0.3 is 6.03 Å². The second kappa shape index (κ2) is 9.74. The molecule has 0 bridgehead atoms. The Morgan fingerprint density at radius 1 is 1.21 bits per heavy atom. The summed E-state index contributed by atoms with van der Waals surface area (Å²) >= 11 is 0. The van der Waals surface area contributed by atoms with Crippen LogP contribution in [0.2, 0.25) is 0 Å². The van der Waals surface area contributed by atoms with Gasteiger partial charge in [0.25, 0.3) is 5.91 Å². The molecular weight excluding hydrogens is 420 g/mol. The van der Waals surface area contributed by atoms with Crippen molar-refractivity contribution in [3.63, 3.8) is 0 Å². The summed E-state index contributed by atoms with van der Waals surface area (Å²) in [5.74, 6) is 1.28. The van der Waals surface area contributed by atoms with E-state index in [0.29, 0.717) is 43.5 Å². The van der Waals surface area contributed by atoms with Crippen LogP contribution in [0.4, 0.5) is 16.3 Å². The predicted molar refractivity (Wildman–Crippen MR) is 128 cm³/mol. The lowest BCUT2D eigenvalue weighted by molar-refractivity contribution is 0.0680. The lowest BCUT2D eigenvalue weighted by Gasteiger charge is -2.38. The van der Waals surface area contributed by atoms with Crippen molar-refractivity contribution >= 4 is 23.4 Å². The molecule has 3 amide bonds. The first-order chi connectivity index (χ1) is 15.9. The normalized spacial score (nSPS) is 18.3. The Balaban J connectivity index is 1.73. The molecule has 33 heavy (non-hydrogen) atoms. The van der Waals surface area contributed by atoms with Crippen LogP contribution < -0.4 is 15.5 Å². The summed E-state index contributed by atoms with van der Waals surface area (Å²) < 4.78 is 5.62. The van der Waals surface area contributed by atoms with Crippen LogP contribution in [0, 0.1) is 0 Å². The number of amides is 3. The number of fused-ring (bicyclic) bond motifs is 1. The van der Waals surface area contributed by atoms with Crippen molar-refractivity contribution in [1.29, 1.82) is 0 Å². The third kappa shape index (κ3) is 4.78. The number of nitrogens with zero attached hydrogens (tertiary/aromatic N) is 4. The van der Waals surface area contributed by atoms with Gasteiger partial charge in [0.15, 0.2) is 5.82 Å². The number of ether oxygens (including phenoxy) is 1. The molecule has 1 unspecified atom stereocenters. The van der Waals surface area contributed by atoms with Gasteiger partial charge in [0, 0.05) is 42.5 Å². The minimum Gasteiger partial charge on any atom is -0.377 e. The maximum Gasteiger partial charge on any atom is 0.319 e. The summed E-state index contributed by atoms with van der Waals surface area (Å²) in [5.41, 5.74) is 2.87. The molecule has 1 fully saturated rings. The van der Waals surface area contributed by atoms with Crippen LogP contribution in [0.15, 0.2) is 24.3 Å². The predicted octanol–water partition coefficient (Wildman–Crippen LogP) is 2.92. The molecule has 1 saturated heterocycles. The average molecular weight is 453 g/mol. The number of urea groups is 1. The topological polar surface area (TPSA) is 99.7 Å². The molecule has 3 heterocycles. The molecule has 2 N–H and O–H groups in total. The van der Waals surface area contributed by atoms with Gasteiger partial charge in [0.05, 0.1) is 19.3 Å². The zero-order valence-corrected chi connectivity index (χ0v) is 19.7. The van der Waals surface area contributed by atoms with E-state index >= 15 is 0 Å². The van der Waals surface area contributed by atoms with Gasteiger partial charge in [0.1, 0.15) is 11.5 Å². The van der Waals surface area contributed by atoms with E-state index in [2.05, 4.69) is 22.5 Å². The van der Waals surface area contributed by atoms with Gasteiger partial charge in [-0.3, -0.25) is 4.79 Å². The Labute approximate surface area is 194 Å². The van der Waals surface area contributed by atoms with Crippen molar-refractivity contribution in [3.8, 4) is 11.4 Å². The van der Waals surface area contributed by atoms with Crippen LogP contribution in [0.1, 0.15) is 43.7 Å². The number of carbonyl (C=O) groups is 2. The van der Waals surface area contributed by atoms with Crippen LogP contribution in [0.25, 0.3) is 11.4 Å². The molecule has 0 saturated carbocycles. The molecule has 176 valence electrons. The summed E-state index contributed by atoms with van der Waals surface area (Å²) in [6.45, 7) is 11.2. The minimum atomic E-state index is -0.252. The highest BCUT2D eigenvalue weighted by molar-refractivity contribution is 5.97. The molecule has 2 aromatic rings. The van der Waals surface area contributed by atoms with E-state index in [1.165, 1.54) is 0 Å². The van der Waals surface area contributed by atoms with Gasteiger partial charge in [-0.15, -0.1) is 0 Å². The third-order valence-corrected chi connectivity index (χ3v) is 6.05. The maximum atomic E-state index is 13.3. The van der Waals surface area contributed by atoms with Crippen molar-refractivity contribution < 1.29 is 14.3 Å². The first-order valence-electron chi connectivity index (χ1n) is 11.6. The van der Waals surface area contributed by atoms with Gasteiger partial charge in [-0.25, -0.2) is 14.8 Å². The maximum absolute atomic E-state index is 13.3. The number of morpholine rings is 1. The Hall–Kier alpha value is -3.20. The van der Waals surface area contributed by atoms with E-state index in [0.717, 1.165) is 29.9 Å². The lowest BCUT2D eigenvalue weighted by atomic mass is 10.0. The number of hydrogen-bond donors (Lipinski definition) is 2. The van der Waals surface area contributed by atoms with Gasteiger partial charge in [-0.05, 0) is 58.4 Å². The molecule has 1 aromatic heterocycles. The standard InChI is InChI=1S/C24H32N6O3/c1-5-25-24(32)26-18-8-6-17(7-9-18)21-27-20-19(10-11-29(15(2)3)23(20)31)22(28-21)30-12-13-33-14-16(30)4/h6-9,15-16H,5,10-14H2,1-4H3,(H2,25,26,32). The summed E-state index contributed by atoms with van der Waals surface area (Å²) in [4.78, 5) is 38.9. The highest BCUT2D eigenvalue weighted by atomic mass is 16.5. The monoisotopic (exact) mass is 452 g/mol. The molecule has 9 nitrogen and oxygen atoms in total. The highest BCUT2D eigenvalue weighted by Gasteiger charge is 2.34. The second-order valence-corrected chi connectivity index (χ2v) is 8.72. The molecule has 9 heteroatoms. The summed E-state index contributed by atoms with van der Waals surface area (Å²) in [6.07, 6.45) is 0.730. The fraction of sp³-hybridized carbons (Fsp3) is 0.500. The molecule has 1 aromatic carbocycles. The number of rotatable bonds is 5. The summed E-state index contributed by atoms with van der Waals surface area (Å²) in [6, 6.07) is 7.37. The lowest BCUT2D eigenvalue weighted by Crippen LogP contribution is -2.47. The van der Waals surface area contributed by atoms with Crippen molar-refractivity contribution in [1.82, 2.24) is 20.2 Å². The molecule has 4 rings (SSSR count). The molecule has 1 atom stereocenters. The van der Waals surface area contributed by atoms with Gasteiger partial charge in [-0.1, -0.05) is 0 Å². The van der Waals surface area contributed by atoms with Gasteiger partial charge < -0.3 is 25.2 Å². The quantitative estimate of drug-likeness (QED) is 0.724. The van der Waals surface area contributed by atoms with E-state index in [1.54, 1.807) is 0 Å². The second-order valence-electron chi connectivity index (χ2n) is 8.72. The van der Waals surface area contributed by atoms with Crippen molar-refractivity contribution in [2.45, 2.75) is 46.2 Å². The smallest absolute Gasteiger partial charge is 0.319 e. The average Bonchev–Trinajstić information content (AvgIpc) is 2.80. The fourth-order valence-corrected chi connectivity index (χ4v) is 4.29. The molecule has 2 aliphatic rings. The summed E-state index contributed by atoms with van der Waals surface area (Å²) in [5, 5.41) is 5.50. The zero-order valence-electron chi connectivity index (χ0n) is 19.7. The largest absolute Gasteiger partial charge is 0.377 e. The number of anilines is 2. The van der Waals surface area contributed by atoms with Crippen LogP contribution in [0.5, 0.6) is 0 Å². The third-order valence-electron chi connectivity index (χ3n) is 6.05. The van der Waals surface area contributed by atoms with E-state index in [9.17, 15) is 9.59 Å². The molecule has 2 aliphatic heterocycles. The first kappa shape index (κ1) is 23.0.